The third-order valence-corrected chi connectivity index (χ3v) is 3.58. The summed E-state index contributed by atoms with van der Waals surface area (Å²) in [5.74, 6) is -2.46. The highest BCUT2D eigenvalue weighted by atomic mass is 16.2. The van der Waals surface area contributed by atoms with Crippen molar-refractivity contribution >= 4 is 45.3 Å². The number of hydrogen-bond donors (Lipinski definition) is 8. The predicted molar refractivity (Wildman–Crippen MR) is 86.1 cm³/mol. The van der Waals surface area contributed by atoms with Gasteiger partial charge in [-0.2, -0.15) is 0 Å². The Kier molecular flexibility index (Phi) is 2.97. The lowest BCUT2D eigenvalue weighted by atomic mass is 10.0. The number of nitrogens with one attached hydrogen (secondary N) is 4. The van der Waals surface area contributed by atoms with Crippen molar-refractivity contribution < 1.29 is 9.59 Å². The number of nitrogen functional groups attached to an aromatic ring is 2. The van der Waals surface area contributed by atoms with Gasteiger partial charge in [0, 0.05) is 0 Å². The fraction of sp³-hybridized carbons (Fsp3) is 0. The van der Waals surface area contributed by atoms with Gasteiger partial charge in [0.1, 0.15) is 22.7 Å². The quantitative estimate of drug-likeness (QED) is 0.245. The van der Waals surface area contributed by atoms with Crippen LogP contribution in [0.3, 0.4) is 0 Å². The Morgan fingerprint density at radius 2 is 1.00 bits per heavy atom. The highest BCUT2D eigenvalue weighted by Crippen LogP contribution is 2.20. The van der Waals surface area contributed by atoms with E-state index in [1.54, 1.807) is 0 Å². The van der Waals surface area contributed by atoms with Crippen molar-refractivity contribution in [3.8, 4) is 0 Å². The molecule has 12 N–H and O–H groups in total. The van der Waals surface area contributed by atoms with Gasteiger partial charge >= 0.3 is 0 Å². The summed E-state index contributed by atoms with van der Waals surface area (Å²) < 4.78 is 0. The number of benzene rings is 1. The Labute approximate surface area is 130 Å². The third-order valence-electron chi connectivity index (χ3n) is 3.58. The molecule has 0 saturated heterocycles. The van der Waals surface area contributed by atoms with Crippen molar-refractivity contribution in [2.75, 3.05) is 11.5 Å². The van der Waals surface area contributed by atoms with Crippen LogP contribution in [0.4, 0.5) is 11.6 Å². The van der Waals surface area contributed by atoms with E-state index in [2.05, 4.69) is 20.4 Å². The molecule has 0 unspecified atom stereocenters. The number of rotatable bonds is 2. The molecule has 3 rings (SSSR count). The van der Waals surface area contributed by atoms with E-state index in [1.807, 2.05) is 0 Å². The molecule has 0 fully saturated rings. The van der Waals surface area contributed by atoms with Crippen LogP contribution in [0.15, 0.2) is 9.59 Å². The van der Waals surface area contributed by atoms with Crippen LogP contribution in [0.5, 0.6) is 0 Å². The monoisotopic (exact) mass is 332 g/mol. The zero-order valence-electron chi connectivity index (χ0n) is 11.9. The van der Waals surface area contributed by atoms with Gasteiger partial charge in [-0.15, -0.1) is 0 Å². The van der Waals surface area contributed by atoms with Crippen LogP contribution in [0.2, 0.25) is 0 Å². The topological polar surface area (TPSA) is 236 Å². The Hall–Kier alpha value is -3.96. The Morgan fingerprint density at radius 1 is 0.667 bits per heavy atom. The first-order chi connectivity index (χ1) is 11.3. The molecular weight excluding hydrogens is 320 g/mol. The zero-order chi connectivity index (χ0) is 17.8. The minimum atomic E-state index is -1.01. The van der Waals surface area contributed by atoms with Gasteiger partial charge in [0.2, 0.25) is 10.9 Å². The van der Waals surface area contributed by atoms with Gasteiger partial charge in [-0.05, 0) is 0 Å². The maximum Gasteiger partial charge on any atom is 0.253 e. The summed E-state index contributed by atoms with van der Waals surface area (Å²) in [6.45, 7) is 0. The molecule has 24 heavy (non-hydrogen) atoms. The molecule has 0 aliphatic carbocycles. The van der Waals surface area contributed by atoms with Gasteiger partial charge in [0.25, 0.3) is 11.8 Å². The van der Waals surface area contributed by atoms with Crippen LogP contribution >= 0.6 is 0 Å². The summed E-state index contributed by atoms with van der Waals surface area (Å²) in [4.78, 5) is 48.7. The Morgan fingerprint density at radius 3 is 1.29 bits per heavy atom. The summed E-state index contributed by atoms with van der Waals surface area (Å²) in [7, 11) is 0. The molecule has 124 valence electrons. The molecule has 0 atom stereocenters. The van der Waals surface area contributed by atoms with Gasteiger partial charge in [-0.3, -0.25) is 39.6 Å². The molecule has 0 spiro atoms. The van der Waals surface area contributed by atoms with E-state index in [9.17, 15) is 19.2 Å². The second kappa shape index (κ2) is 4.77. The van der Waals surface area contributed by atoms with E-state index in [0.717, 1.165) is 0 Å². The van der Waals surface area contributed by atoms with E-state index >= 15 is 0 Å². The van der Waals surface area contributed by atoms with Crippen molar-refractivity contribution in [3.05, 3.63) is 31.6 Å². The number of aromatic nitrogens is 4. The summed E-state index contributed by atoms with van der Waals surface area (Å²) in [6.07, 6.45) is 0. The summed E-state index contributed by atoms with van der Waals surface area (Å²) >= 11 is 0. The number of nitrogens with two attached hydrogens (primary N) is 4. The first kappa shape index (κ1) is 15.0. The average Bonchev–Trinajstić information content (AvgIpc) is 2.51. The van der Waals surface area contributed by atoms with E-state index < -0.39 is 22.7 Å². The van der Waals surface area contributed by atoms with Gasteiger partial charge < -0.3 is 22.9 Å². The van der Waals surface area contributed by atoms with Crippen molar-refractivity contribution in [2.24, 2.45) is 11.5 Å². The minimum Gasteiger partial charge on any atom is -0.383 e. The van der Waals surface area contributed by atoms with E-state index in [-0.39, 0.29) is 44.6 Å². The SMILES string of the molecule is NC(=O)c1c(N)[nH][nH]c2c(=O)c3c(C(N)=O)c(N)[nH][nH]c3c(=O)c12. The molecular formula is C12H12N8O4. The summed E-state index contributed by atoms with van der Waals surface area (Å²) in [6, 6.07) is 0. The molecule has 2 aromatic heterocycles. The first-order valence-corrected chi connectivity index (χ1v) is 6.47. The highest BCUT2D eigenvalue weighted by Gasteiger charge is 2.24. The molecule has 0 radical (unpaired) electrons. The largest absolute Gasteiger partial charge is 0.383 e. The minimum absolute atomic E-state index is 0.222. The van der Waals surface area contributed by atoms with E-state index in [0.29, 0.717) is 0 Å². The lowest BCUT2D eigenvalue weighted by Gasteiger charge is -2.10. The fourth-order valence-corrected chi connectivity index (χ4v) is 2.59. The van der Waals surface area contributed by atoms with Gasteiger partial charge in [-0.25, -0.2) is 0 Å². The number of H-pyrrole nitrogens is 4. The molecule has 0 bridgehead atoms. The van der Waals surface area contributed by atoms with Crippen LogP contribution in [-0.2, 0) is 0 Å². The first-order valence-electron chi connectivity index (χ1n) is 6.47. The summed E-state index contributed by atoms with van der Waals surface area (Å²) in [5.41, 5.74) is 18.8. The molecule has 2 heterocycles. The lowest BCUT2D eigenvalue weighted by Crippen LogP contribution is -2.26. The van der Waals surface area contributed by atoms with Crippen LogP contribution in [0, 0.1) is 0 Å². The number of hydrogen-bond acceptors (Lipinski definition) is 6. The smallest absolute Gasteiger partial charge is 0.253 e. The number of primary amides is 2. The van der Waals surface area contributed by atoms with E-state index in [1.165, 1.54) is 0 Å². The second-order valence-corrected chi connectivity index (χ2v) is 4.96. The third kappa shape index (κ3) is 1.79. The number of anilines is 2. The van der Waals surface area contributed by atoms with Crippen LogP contribution in [0.25, 0.3) is 21.8 Å². The number of carbonyl (C=O) groups excluding carboxylic acids is 2. The van der Waals surface area contributed by atoms with Crippen LogP contribution in [-0.4, -0.2) is 32.2 Å². The fourth-order valence-electron chi connectivity index (χ4n) is 2.59. The molecule has 0 aliphatic heterocycles. The maximum atomic E-state index is 12.7. The van der Waals surface area contributed by atoms with Crippen molar-refractivity contribution in [2.45, 2.75) is 0 Å². The number of carbonyl (C=O) groups is 2. The molecule has 2 amide bonds. The van der Waals surface area contributed by atoms with Crippen molar-refractivity contribution in [1.82, 2.24) is 20.4 Å². The predicted octanol–water partition coefficient (Wildman–Crippen LogP) is -2.05. The van der Waals surface area contributed by atoms with E-state index in [4.69, 9.17) is 22.9 Å². The van der Waals surface area contributed by atoms with Crippen molar-refractivity contribution in [3.63, 3.8) is 0 Å². The Bertz CT molecular complexity index is 1080. The molecule has 12 heteroatoms. The summed E-state index contributed by atoms with van der Waals surface area (Å²) in [5, 5.41) is 8.93. The average molecular weight is 332 g/mol. The van der Waals surface area contributed by atoms with Gasteiger partial charge in [-0.1, -0.05) is 0 Å². The standard InChI is InChI=1S/C12H12N8O4/c13-9-3(11(15)23)1-5(17-19-9)8(22)2-4(12(16)24)10(14)20-18-6(2)7(1)21/h17-20H,13-14H2,(H2,15,23)(H2,16,24). The van der Waals surface area contributed by atoms with Gasteiger partial charge in [0.15, 0.2) is 0 Å². The lowest BCUT2D eigenvalue weighted by molar-refractivity contribution is 0.0993. The van der Waals surface area contributed by atoms with Crippen LogP contribution in [0.1, 0.15) is 20.7 Å². The highest BCUT2D eigenvalue weighted by molar-refractivity contribution is 6.15. The Balaban J connectivity index is 2.75. The number of amides is 2. The molecule has 3 aromatic rings. The zero-order valence-corrected chi connectivity index (χ0v) is 11.9. The molecule has 0 saturated carbocycles. The van der Waals surface area contributed by atoms with Crippen LogP contribution < -0.4 is 33.8 Å². The van der Waals surface area contributed by atoms with Crippen molar-refractivity contribution in [1.29, 1.82) is 0 Å². The molecule has 0 aliphatic rings. The number of fused-ring (bicyclic) bond motifs is 2. The normalized spacial score (nSPS) is 11.0. The molecule has 12 nitrogen and oxygen atoms in total. The number of aromatic amines is 4. The second-order valence-electron chi connectivity index (χ2n) is 4.96. The van der Waals surface area contributed by atoms with Gasteiger partial charge in [0.05, 0.1) is 21.9 Å². The molecule has 1 aromatic carbocycles. The maximum absolute atomic E-state index is 12.7.